The number of halogens is 2. The number of hydrogen-bond acceptors (Lipinski definition) is 3. The Labute approximate surface area is 121 Å². The molecule has 0 spiro atoms. The lowest BCUT2D eigenvalue weighted by molar-refractivity contribution is -0.143. The zero-order chi connectivity index (χ0) is 14.4. The summed E-state index contributed by atoms with van der Waals surface area (Å²) in [5, 5.41) is 3.05. The fourth-order valence-corrected chi connectivity index (χ4v) is 2.20. The molecule has 1 rings (SSSR count). The van der Waals surface area contributed by atoms with Gasteiger partial charge in [-0.1, -0.05) is 29.8 Å². The van der Waals surface area contributed by atoms with Crippen LogP contribution in [0.15, 0.2) is 22.7 Å². The summed E-state index contributed by atoms with van der Waals surface area (Å²) < 4.78 is 19.1. The van der Waals surface area contributed by atoms with Gasteiger partial charge in [0.25, 0.3) is 0 Å². The molecule has 0 bridgehead atoms. The molecule has 0 saturated carbocycles. The topological polar surface area (TPSA) is 38.3 Å². The van der Waals surface area contributed by atoms with E-state index >= 15 is 0 Å². The maximum absolute atomic E-state index is 13.6. The van der Waals surface area contributed by atoms with Crippen LogP contribution in [0.1, 0.15) is 25.8 Å². The van der Waals surface area contributed by atoms with Gasteiger partial charge in [0.05, 0.1) is 7.11 Å². The van der Waals surface area contributed by atoms with Crippen LogP contribution in [0.25, 0.3) is 0 Å². The average molecular weight is 332 g/mol. The first-order valence-electron chi connectivity index (χ1n) is 6.19. The van der Waals surface area contributed by atoms with Crippen molar-refractivity contribution in [2.45, 2.75) is 32.9 Å². The van der Waals surface area contributed by atoms with E-state index in [4.69, 9.17) is 4.74 Å². The predicted octanol–water partition coefficient (Wildman–Crippen LogP) is 3.27. The Morgan fingerprint density at radius 3 is 2.74 bits per heavy atom. The SMILES string of the molecule is COC(=O)C(CC(C)C)NCc1cc(Br)ccc1F. The summed E-state index contributed by atoms with van der Waals surface area (Å²) in [5.74, 6) is -0.253. The van der Waals surface area contributed by atoms with Crippen molar-refractivity contribution in [2.24, 2.45) is 5.92 Å². The first-order valence-corrected chi connectivity index (χ1v) is 6.98. The maximum Gasteiger partial charge on any atom is 0.322 e. The molecule has 1 aromatic rings. The standard InChI is InChI=1S/C14H19BrFNO2/c1-9(2)6-13(14(18)19-3)17-8-10-7-11(15)4-5-12(10)16/h4-5,7,9,13,17H,6,8H2,1-3H3. The van der Waals surface area contributed by atoms with E-state index < -0.39 is 6.04 Å². The normalized spacial score (nSPS) is 12.5. The first kappa shape index (κ1) is 16.1. The van der Waals surface area contributed by atoms with Crippen molar-refractivity contribution in [2.75, 3.05) is 7.11 Å². The number of rotatable bonds is 6. The molecule has 0 aliphatic heterocycles. The molecule has 0 heterocycles. The van der Waals surface area contributed by atoms with E-state index in [-0.39, 0.29) is 18.3 Å². The molecule has 3 nitrogen and oxygen atoms in total. The van der Waals surface area contributed by atoms with Crippen LogP contribution in [-0.2, 0) is 16.1 Å². The predicted molar refractivity (Wildman–Crippen MR) is 76.2 cm³/mol. The minimum absolute atomic E-state index is 0.288. The highest BCUT2D eigenvalue weighted by Crippen LogP contribution is 2.16. The molecule has 1 unspecified atom stereocenters. The van der Waals surface area contributed by atoms with E-state index in [9.17, 15) is 9.18 Å². The number of methoxy groups -OCH3 is 1. The zero-order valence-corrected chi connectivity index (χ0v) is 13.0. The summed E-state index contributed by atoms with van der Waals surface area (Å²) in [6.45, 7) is 4.34. The fraction of sp³-hybridized carbons (Fsp3) is 0.500. The lowest BCUT2D eigenvalue weighted by Gasteiger charge is -2.18. The largest absolute Gasteiger partial charge is 0.468 e. The summed E-state index contributed by atoms with van der Waals surface area (Å²) in [6, 6.07) is 4.33. The van der Waals surface area contributed by atoms with Crippen molar-refractivity contribution in [1.82, 2.24) is 5.32 Å². The lowest BCUT2D eigenvalue weighted by Crippen LogP contribution is -2.38. The van der Waals surface area contributed by atoms with E-state index in [2.05, 4.69) is 21.2 Å². The fourth-order valence-electron chi connectivity index (χ4n) is 1.79. The lowest BCUT2D eigenvalue weighted by atomic mass is 10.0. The van der Waals surface area contributed by atoms with Gasteiger partial charge in [-0.15, -0.1) is 0 Å². The Balaban J connectivity index is 2.70. The quantitative estimate of drug-likeness (QED) is 0.813. The van der Waals surface area contributed by atoms with E-state index in [1.165, 1.54) is 13.2 Å². The maximum atomic E-state index is 13.6. The van der Waals surface area contributed by atoms with Gasteiger partial charge in [-0.05, 0) is 30.5 Å². The van der Waals surface area contributed by atoms with E-state index in [0.29, 0.717) is 17.9 Å². The number of esters is 1. The Morgan fingerprint density at radius 1 is 1.47 bits per heavy atom. The molecule has 0 fully saturated rings. The van der Waals surface area contributed by atoms with Crippen LogP contribution in [0.3, 0.4) is 0 Å². The third kappa shape index (κ3) is 5.28. The third-order valence-corrected chi connectivity index (χ3v) is 3.23. The van der Waals surface area contributed by atoms with Gasteiger partial charge in [0.2, 0.25) is 0 Å². The van der Waals surface area contributed by atoms with E-state index in [0.717, 1.165) is 4.47 Å². The van der Waals surface area contributed by atoms with Crippen molar-refractivity contribution in [1.29, 1.82) is 0 Å². The zero-order valence-electron chi connectivity index (χ0n) is 11.4. The molecule has 5 heteroatoms. The Hall–Kier alpha value is -0.940. The van der Waals surface area contributed by atoms with Crippen LogP contribution in [0, 0.1) is 11.7 Å². The van der Waals surface area contributed by atoms with Gasteiger partial charge in [-0.3, -0.25) is 4.79 Å². The second-order valence-electron chi connectivity index (χ2n) is 4.82. The van der Waals surface area contributed by atoms with Gasteiger partial charge in [-0.2, -0.15) is 0 Å². The summed E-state index contributed by atoms with van der Waals surface area (Å²) >= 11 is 3.30. The first-order chi connectivity index (χ1) is 8.93. The highest BCUT2D eigenvalue weighted by atomic mass is 79.9. The number of nitrogens with one attached hydrogen (secondary N) is 1. The van der Waals surface area contributed by atoms with Gasteiger partial charge in [-0.25, -0.2) is 4.39 Å². The monoisotopic (exact) mass is 331 g/mol. The molecule has 0 aliphatic carbocycles. The van der Waals surface area contributed by atoms with Crippen molar-refractivity contribution >= 4 is 21.9 Å². The molecule has 0 aliphatic rings. The van der Waals surface area contributed by atoms with Crippen molar-refractivity contribution in [3.63, 3.8) is 0 Å². The Bertz CT molecular complexity index is 437. The van der Waals surface area contributed by atoms with Crippen LogP contribution in [-0.4, -0.2) is 19.1 Å². The van der Waals surface area contributed by atoms with Crippen LogP contribution >= 0.6 is 15.9 Å². The van der Waals surface area contributed by atoms with Gasteiger partial charge in [0, 0.05) is 16.6 Å². The number of benzene rings is 1. The van der Waals surface area contributed by atoms with Gasteiger partial charge < -0.3 is 10.1 Å². The van der Waals surface area contributed by atoms with Gasteiger partial charge in [0.1, 0.15) is 11.9 Å². The summed E-state index contributed by atoms with van der Waals surface area (Å²) in [5.41, 5.74) is 0.520. The molecule has 1 atom stereocenters. The number of ether oxygens (including phenoxy) is 1. The molecule has 1 aromatic carbocycles. The molecule has 1 N–H and O–H groups in total. The average Bonchev–Trinajstić information content (AvgIpc) is 2.36. The molecule has 0 radical (unpaired) electrons. The van der Waals surface area contributed by atoms with E-state index in [1.54, 1.807) is 12.1 Å². The minimum Gasteiger partial charge on any atom is -0.468 e. The summed E-state index contributed by atoms with van der Waals surface area (Å²) in [7, 11) is 1.36. The second kappa shape index (κ2) is 7.60. The van der Waals surface area contributed by atoms with Crippen molar-refractivity contribution < 1.29 is 13.9 Å². The third-order valence-electron chi connectivity index (χ3n) is 2.74. The van der Waals surface area contributed by atoms with Crippen molar-refractivity contribution in [3.8, 4) is 0 Å². The number of carbonyl (C=O) groups is 1. The highest BCUT2D eigenvalue weighted by molar-refractivity contribution is 9.10. The Morgan fingerprint density at radius 2 is 2.16 bits per heavy atom. The summed E-state index contributed by atoms with van der Waals surface area (Å²) in [6.07, 6.45) is 0.655. The van der Waals surface area contributed by atoms with Gasteiger partial charge >= 0.3 is 5.97 Å². The minimum atomic E-state index is -0.414. The molecule has 0 aromatic heterocycles. The number of hydrogen-bond donors (Lipinski definition) is 1. The van der Waals surface area contributed by atoms with Crippen LogP contribution < -0.4 is 5.32 Å². The van der Waals surface area contributed by atoms with Crippen molar-refractivity contribution in [3.05, 3.63) is 34.1 Å². The van der Waals surface area contributed by atoms with Crippen LogP contribution in [0.2, 0.25) is 0 Å². The number of carbonyl (C=O) groups excluding carboxylic acids is 1. The van der Waals surface area contributed by atoms with Crippen LogP contribution in [0.4, 0.5) is 4.39 Å². The van der Waals surface area contributed by atoms with Crippen LogP contribution in [0.5, 0.6) is 0 Å². The molecular formula is C14H19BrFNO2. The molecule has 0 saturated heterocycles. The smallest absolute Gasteiger partial charge is 0.322 e. The molecular weight excluding hydrogens is 313 g/mol. The highest BCUT2D eigenvalue weighted by Gasteiger charge is 2.20. The second-order valence-corrected chi connectivity index (χ2v) is 5.74. The molecule has 19 heavy (non-hydrogen) atoms. The Kier molecular flexibility index (Phi) is 6.45. The summed E-state index contributed by atoms with van der Waals surface area (Å²) in [4.78, 5) is 11.6. The van der Waals surface area contributed by atoms with E-state index in [1.807, 2.05) is 13.8 Å². The van der Waals surface area contributed by atoms with Gasteiger partial charge in [0.15, 0.2) is 0 Å². The molecule has 0 amide bonds. The molecule has 106 valence electrons.